The fraction of sp³-hybridized carbons (Fsp3) is 0.667. The van der Waals surface area contributed by atoms with Gasteiger partial charge in [0.15, 0.2) is 0 Å². The van der Waals surface area contributed by atoms with Crippen molar-refractivity contribution in [1.82, 2.24) is 10.2 Å². The van der Waals surface area contributed by atoms with E-state index in [1.165, 1.54) is 5.56 Å². The third-order valence-electron chi connectivity index (χ3n) is 3.28. The Labute approximate surface area is 130 Å². The molecule has 0 aromatic heterocycles. The van der Waals surface area contributed by atoms with E-state index in [0.29, 0.717) is 12.0 Å². The van der Waals surface area contributed by atoms with Crippen LogP contribution >= 0.6 is 0 Å². The first-order chi connectivity index (χ1) is 9.92. The Morgan fingerprint density at radius 1 is 1.05 bits per heavy atom. The second kappa shape index (κ2) is 9.06. The maximum Gasteiger partial charge on any atom is 0.119 e. The molecule has 1 rings (SSSR count). The number of likely N-dealkylation sites (N-methyl/N-ethyl adjacent to an activating group) is 2. The number of ether oxygens (including phenoxy) is 1. The molecule has 0 heterocycles. The van der Waals surface area contributed by atoms with Crippen LogP contribution in [0.2, 0.25) is 0 Å². The molecule has 120 valence electrons. The fourth-order valence-electron chi connectivity index (χ4n) is 2.59. The zero-order valence-electron chi connectivity index (χ0n) is 14.5. The van der Waals surface area contributed by atoms with Crippen LogP contribution in [0.5, 0.6) is 5.75 Å². The highest BCUT2D eigenvalue weighted by Gasteiger charge is 2.14. The molecule has 1 unspecified atom stereocenters. The lowest BCUT2D eigenvalue weighted by Gasteiger charge is -2.26. The molecule has 1 N–H and O–H groups in total. The molecule has 0 saturated heterocycles. The van der Waals surface area contributed by atoms with Crippen molar-refractivity contribution < 1.29 is 4.74 Å². The van der Waals surface area contributed by atoms with Crippen LogP contribution in [0.4, 0.5) is 0 Å². The van der Waals surface area contributed by atoms with E-state index in [1.807, 2.05) is 0 Å². The molecule has 3 nitrogen and oxygen atoms in total. The molecule has 0 amide bonds. The lowest BCUT2D eigenvalue weighted by molar-refractivity contribution is 0.242. The zero-order chi connectivity index (χ0) is 15.8. The van der Waals surface area contributed by atoms with E-state index >= 15 is 0 Å². The molecule has 1 aromatic carbocycles. The van der Waals surface area contributed by atoms with Crippen LogP contribution in [0, 0.1) is 5.92 Å². The summed E-state index contributed by atoms with van der Waals surface area (Å²) in [5, 5.41) is 3.58. The highest BCUT2D eigenvalue weighted by molar-refractivity contribution is 5.29. The van der Waals surface area contributed by atoms with Crippen LogP contribution in [0.15, 0.2) is 24.3 Å². The summed E-state index contributed by atoms with van der Waals surface area (Å²) < 4.78 is 5.71. The van der Waals surface area contributed by atoms with Crippen molar-refractivity contribution in [3.05, 3.63) is 29.8 Å². The van der Waals surface area contributed by atoms with Gasteiger partial charge in [-0.2, -0.15) is 0 Å². The van der Waals surface area contributed by atoms with Crippen molar-refractivity contribution in [2.45, 2.75) is 46.8 Å². The van der Waals surface area contributed by atoms with Gasteiger partial charge in [0, 0.05) is 19.1 Å². The largest absolute Gasteiger partial charge is 0.491 e. The van der Waals surface area contributed by atoms with Crippen LogP contribution in [-0.4, -0.2) is 37.7 Å². The van der Waals surface area contributed by atoms with E-state index in [2.05, 4.69) is 76.1 Å². The topological polar surface area (TPSA) is 24.5 Å². The summed E-state index contributed by atoms with van der Waals surface area (Å²) in [6.45, 7) is 13.9. The first kappa shape index (κ1) is 18.0. The Bertz CT molecular complexity index is 387. The van der Waals surface area contributed by atoms with Gasteiger partial charge in [-0.25, -0.2) is 0 Å². The summed E-state index contributed by atoms with van der Waals surface area (Å²) in [6.07, 6.45) is 0.220. The Kier molecular flexibility index (Phi) is 7.76. The van der Waals surface area contributed by atoms with Crippen LogP contribution in [0.3, 0.4) is 0 Å². The lowest BCUT2D eigenvalue weighted by atomic mass is 10.1. The summed E-state index contributed by atoms with van der Waals surface area (Å²) in [5.41, 5.74) is 1.32. The van der Waals surface area contributed by atoms with Gasteiger partial charge in [0.1, 0.15) is 5.75 Å². The zero-order valence-corrected chi connectivity index (χ0v) is 14.5. The summed E-state index contributed by atoms with van der Waals surface area (Å²) >= 11 is 0. The van der Waals surface area contributed by atoms with Gasteiger partial charge in [-0.1, -0.05) is 32.9 Å². The van der Waals surface area contributed by atoms with Gasteiger partial charge in [0.2, 0.25) is 0 Å². The standard InChI is InChI=1S/C18H32N2O/c1-7-19-18(13-20(6)12-14(2)3)16-8-10-17(11-9-16)21-15(4)5/h8-11,14-15,18-19H,7,12-13H2,1-6H3. The van der Waals surface area contributed by atoms with Gasteiger partial charge in [-0.15, -0.1) is 0 Å². The van der Waals surface area contributed by atoms with Gasteiger partial charge in [0.05, 0.1) is 6.10 Å². The minimum Gasteiger partial charge on any atom is -0.491 e. The quantitative estimate of drug-likeness (QED) is 0.751. The summed E-state index contributed by atoms with van der Waals surface area (Å²) in [7, 11) is 2.20. The van der Waals surface area contributed by atoms with E-state index in [1.54, 1.807) is 0 Å². The second-order valence-electron chi connectivity index (χ2n) is 6.46. The van der Waals surface area contributed by atoms with Crippen molar-refractivity contribution in [2.24, 2.45) is 5.92 Å². The third kappa shape index (κ3) is 6.96. The average molecular weight is 292 g/mol. The Hall–Kier alpha value is -1.06. The first-order valence-corrected chi connectivity index (χ1v) is 8.10. The molecule has 21 heavy (non-hydrogen) atoms. The number of hydrogen-bond donors (Lipinski definition) is 1. The number of nitrogens with zero attached hydrogens (tertiary/aromatic N) is 1. The molecule has 0 saturated carbocycles. The maximum atomic E-state index is 5.71. The number of hydrogen-bond acceptors (Lipinski definition) is 3. The van der Waals surface area contributed by atoms with Gasteiger partial charge < -0.3 is 15.0 Å². The molecule has 0 spiro atoms. The van der Waals surface area contributed by atoms with Gasteiger partial charge in [-0.3, -0.25) is 0 Å². The van der Waals surface area contributed by atoms with E-state index in [9.17, 15) is 0 Å². The Morgan fingerprint density at radius 3 is 2.14 bits per heavy atom. The van der Waals surface area contributed by atoms with E-state index in [0.717, 1.165) is 25.4 Å². The van der Waals surface area contributed by atoms with Gasteiger partial charge >= 0.3 is 0 Å². The number of nitrogens with one attached hydrogen (secondary N) is 1. The van der Waals surface area contributed by atoms with Crippen molar-refractivity contribution in [3.8, 4) is 5.75 Å². The van der Waals surface area contributed by atoms with E-state index < -0.39 is 0 Å². The third-order valence-corrected chi connectivity index (χ3v) is 3.28. The van der Waals surface area contributed by atoms with Crippen LogP contribution < -0.4 is 10.1 Å². The smallest absolute Gasteiger partial charge is 0.119 e. The maximum absolute atomic E-state index is 5.71. The molecule has 0 aliphatic heterocycles. The van der Waals surface area contributed by atoms with Gasteiger partial charge in [0.25, 0.3) is 0 Å². The highest BCUT2D eigenvalue weighted by Crippen LogP contribution is 2.19. The van der Waals surface area contributed by atoms with Crippen LogP contribution in [0.25, 0.3) is 0 Å². The Morgan fingerprint density at radius 2 is 1.67 bits per heavy atom. The summed E-state index contributed by atoms with van der Waals surface area (Å²) in [4.78, 5) is 2.40. The highest BCUT2D eigenvalue weighted by atomic mass is 16.5. The molecular formula is C18H32N2O. The number of rotatable bonds is 9. The predicted molar refractivity (Wildman–Crippen MR) is 91.0 cm³/mol. The molecule has 1 aromatic rings. The van der Waals surface area contributed by atoms with Crippen molar-refractivity contribution >= 4 is 0 Å². The van der Waals surface area contributed by atoms with Crippen molar-refractivity contribution in [2.75, 3.05) is 26.7 Å². The molecule has 0 fully saturated rings. The molecule has 0 radical (unpaired) electrons. The number of benzene rings is 1. The molecule has 3 heteroatoms. The summed E-state index contributed by atoms with van der Waals surface area (Å²) in [6, 6.07) is 8.86. The van der Waals surface area contributed by atoms with Crippen LogP contribution in [0.1, 0.15) is 46.2 Å². The Balaban J connectivity index is 2.70. The lowest BCUT2D eigenvalue weighted by Crippen LogP contribution is -2.34. The normalized spacial score (nSPS) is 13.2. The average Bonchev–Trinajstić information content (AvgIpc) is 2.37. The predicted octanol–water partition coefficient (Wildman–Crippen LogP) is 3.71. The minimum atomic E-state index is 0.220. The SMILES string of the molecule is CCNC(CN(C)CC(C)C)c1ccc(OC(C)C)cc1. The fourth-order valence-corrected chi connectivity index (χ4v) is 2.59. The second-order valence-corrected chi connectivity index (χ2v) is 6.46. The van der Waals surface area contributed by atoms with Gasteiger partial charge in [-0.05, 0) is 51.1 Å². The molecule has 0 aliphatic rings. The molecular weight excluding hydrogens is 260 g/mol. The molecule has 0 bridgehead atoms. The minimum absolute atomic E-state index is 0.220. The molecule has 1 atom stereocenters. The van der Waals surface area contributed by atoms with Crippen molar-refractivity contribution in [1.29, 1.82) is 0 Å². The summed E-state index contributed by atoms with van der Waals surface area (Å²) in [5.74, 6) is 1.64. The van der Waals surface area contributed by atoms with E-state index in [-0.39, 0.29) is 6.10 Å². The van der Waals surface area contributed by atoms with E-state index in [4.69, 9.17) is 4.74 Å². The monoisotopic (exact) mass is 292 g/mol. The molecule has 0 aliphatic carbocycles. The van der Waals surface area contributed by atoms with Crippen molar-refractivity contribution in [3.63, 3.8) is 0 Å². The first-order valence-electron chi connectivity index (χ1n) is 8.10. The van der Waals surface area contributed by atoms with Crippen LogP contribution in [-0.2, 0) is 0 Å².